The number of methoxy groups -OCH3 is 1. The number of benzene rings is 2. The first-order valence-corrected chi connectivity index (χ1v) is 12.9. The van der Waals surface area contributed by atoms with Crippen LogP contribution in [-0.4, -0.2) is 50.2 Å². The molecule has 0 aromatic heterocycles. The topological polar surface area (TPSA) is 50.8 Å². The van der Waals surface area contributed by atoms with Gasteiger partial charge in [-0.05, 0) is 56.1 Å². The second-order valence-corrected chi connectivity index (χ2v) is 10.4. The maximum Gasteiger partial charge on any atom is 0.228 e. The molecule has 2 aliphatic heterocycles. The average molecular weight is 463 g/mol. The Balaban J connectivity index is 1.42. The Morgan fingerprint density at radius 1 is 1.12 bits per heavy atom. The van der Waals surface area contributed by atoms with Crippen molar-refractivity contribution in [2.75, 3.05) is 33.4 Å². The molecular weight excluding hydrogens is 424 g/mol. The molecule has 1 N–H and O–H groups in total. The van der Waals surface area contributed by atoms with Crippen molar-refractivity contribution < 1.29 is 14.3 Å². The van der Waals surface area contributed by atoms with E-state index in [1.807, 2.05) is 19.1 Å². The van der Waals surface area contributed by atoms with E-state index in [9.17, 15) is 4.79 Å². The highest BCUT2D eigenvalue weighted by Crippen LogP contribution is 2.48. The van der Waals surface area contributed by atoms with Crippen molar-refractivity contribution in [2.24, 2.45) is 11.8 Å². The number of likely N-dealkylation sites (tertiary alicyclic amines) is 1. The molecule has 5 nitrogen and oxygen atoms in total. The van der Waals surface area contributed by atoms with Gasteiger partial charge in [-0.25, -0.2) is 0 Å². The van der Waals surface area contributed by atoms with Gasteiger partial charge in [0.05, 0.1) is 19.6 Å². The Labute approximate surface area is 203 Å². The van der Waals surface area contributed by atoms with Gasteiger partial charge in [0.15, 0.2) is 11.5 Å². The predicted molar refractivity (Wildman–Crippen MR) is 135 cm³/mol. The highest BCUT2D eigenvalue weighted by molar-refractivity contribution is 5.82. The number of carbonyl (C=O) groups excluding carboxylic acids is 1. The summed E-state index contributed by atoms with van der Waals surface area (Å²) in [5.41, 5.74) is 2.14. The number of nitrogens with one attached hydrogen (secondary N) is 1. The summed E-state index contributed by atoms with van der Waals surface area (Å²) in [5, 5.41) is 3.54. The van der Waals surface area contributed by atoms with Gasteiger partial charge in [-0.2, -0.15) is 0 Å². The van der Waals surface area contributed by atoms with Crippen LogP contribution in [0.1, 0.15) is 56.6 Å². The Hall–Kier alpha value is -2.53. The van der Waals surface area contributed by atoms with Gasteiger partial charge in [-0.1, -0.05) is 49.4 Å². The van der Waals surface area contributed by atoms with Crippen LogP contribution >= 0.6 is 0 Å². The molecule has 0 bridgehead atoms. The van der Waals surface area contributed by atoms with Crippen molar-refractivity contribution in [1.29, 1.82) is 0 Å². The van der Waals surface area contributed by atoms with E-state index in [4.69, 9.17) is 9.47 Å². The molecule has 4 unspecified atom stereocenters. The molecule has 2 aromatic rings. The molecule has 1 amide bonds. The van der Waals surface area contributed by atoms with E-state index in [1.54, 1.807) is 7.11 Å². The Bertz CT molecular complexity index is 1010. The second-order valence-electron chi connectivity index (χ2n) is 10.4. The highest BCUT2D eigenvalue weighted by Gasteiger charge is 2.50. The lowest BCUT2D eigenvalue weighted by atomic mass is 9.72. The monoisotopic (exact) mass is 462 g/mol. The standard InChI is InChI=1S/C29H38N2O3/c1-4-34-27-23(11-8-12-26(27)33-3)29(2)19-30-18-24(29)28(32)31-16-15-22(17-25(31)21-13-14-21)20-9-6-5-7-10-20/h5-12,21-22,24-25,30H,4,13-19H2,1-3H3. The number of piperidine rings is 1. The summed E-state index contributed by atoms with van der Waals surface area (Å²) in [6.45, 7) is 7.08. The van der Waals surface area contributed by atoms with Gasteiger partial charge in [0.1, 0.15) is 0 Å². The van der Waals surface area contributed by atoms with E-state index < -0.39 is 0 Å². The maximum absolute atomic E-state index is 14.2. The van der Waals surface area contributed by atoms with Crippen molar-refractivity contribution in [3.05, 3.63) is 59.7 Å². The van der Waals surface area contributed by atoms with E-state index in [0.29, 0.717) is 36.9 Å². The zero-order valence-corrected chi connectivity index (χ0v) is 20.8. The largest absolute Gasteiger partial charge is 0.493 e. The predicted octanol–water partition coefficient (Wildman–Crippen LogP) is 4.76. The minimum absolute atomic E-state index is 0.117. The van der Waals surface area contributed by atoms with E-state index in [2.05, 4.69) is 53.5 Å². The third kappa shape index (κ3) is 4.19. The van der Waals surface area contributed by atoms with Gasteiger partial charge in [-0.3, -0.25) is 4.79 Å². The van der Waals surface area contributed by atoms with Crippen LogP contribution in [0.3, 0.4) is 0 Å². The number of ether oxygens (including phenoxy) is 2. The lowest BCUT2D eigenvalue weighted by molar-refractivity contribution is -0.141. The fourth-order valence-electron chi connectivity index (χ4n) is 6.31. The first-order valence-electron chi connectivity index (χ1n) is 12.9. The number of carbonyl (C=O) groups is 1. The molecule has 5 rings (SSSR count). The van der Waals surface area contributed by atoms with E-state index >= 15 is 0 Å². The number of nitrogens with zero attached hydrogens (tertiary/aromatic N) is 1. The summed E-state index contributed by atoms with van der Waals surface area (Å²) in [4.78, 5) is 16.5. The smallest absolute Gasteiger partial charge is 0.228 e. The Morgan fingerprint density at radius 3 is 2.62 bits per heavy atom. The minimum Gasteiger partial charge on any atom is -0.493 e. The van der Waals surface area contributed by atoms with Crippen molar-refractivity contribution in [3.8, 4) is 11.5 Å². The zero-order chi connectivity index (χ0) is 23.7. The molecule has 2 heterocycles. The minimum atomic E-state index is -0.347. The van der Waals surface area contributed by atoms with Crippen molar-refractivity contribution in [1.82, 2.24) is 10.2 Å². The van der Waals surface area contributed by atoms with E-state index in [0.717, 1.165) is 43.0 Å². The van der Waals surface area contributed by atoms with Gasteiger partial charge >= 0.3 is 0 Å². The summed E-state index contributed by atoms with van der Waals surface area (Å²) in [6, 6.07) is 17.3. The average Bonchev–Trinajstić information content (AvgIpc) is 3.65. The Kier molecular flexibility index (Phi) is 6.57. The highest BCUT2D eigenvalue weighted by atomic mass is 16.5. The van der Waals surface area contributed by atoms with Crippen LogP contribution in [-0.2, 0) is 10.2 Å². The lowest BCUT2D eigenvalue weighted by Crippen LogP contribution is -2.52. The first-order chi connectivity index (χ1) is 16.6. The number of para-hydroxylation sites is 1. The molecule has 1 aliphatic carbocycles. The number of amides is 1. The van der Waals surface area contributed by atoms with Gasteiger partial charge in [-0.15, -0.1) is 0 Å². The number of rotatable bonds is 7. The molecule has 2 aromatic carbocycles. The van der Waals surface area contributed by atoms with Crippen molar-refractivity contribution in [2.45, 2.75) is 56.9 Å². The summed E-state index contributed by atoms with van der Waals surface area (Å²) in [6.07, 6.45) is 4.63. The molecular formula is C29H38N2O3. The van der Waals surface area contributed by atoms with Crippen LogP contribution in [0.25, 0.3) is 0 Å². The molecule has 2 saturated heterocycles. The van der Waals surface area contributed by atoms with E-state index in [-0.39, 0.29) is 11.3 Å². The van der Waals surface area contributed by atoms with Gasteiger partial charge in [0.25, 0.3) is 0 Å². The SMILES string of the molecule is CCOc1c(OC)cccc1C1(C)CNCC1C(=O)N1CCC(c2ccccc2)CC1C1CC1. The third-order valence-corrected chi connectivity index (χ3v) is 8.38. The quantitative estimate of drug-likeness (QED) is 0.645. The van der Waals surface area contributed by atoms with Gasteiger partial charge in [0, 0.05) is 36.7 Å². The molecule has 3 fully saturated rings. The zero-order valence-electron chi connectivity index (χ0n) is 20.8. The van der Waals surface area contributed by atoms with Gasteiger partial charge in [0.2, 0.25) is 5.91 Å². The second kappa shape index (κ2) is 9.61. The Morgan fingerprint density at radius 2 is 1.91 bits per heavy atom. The molecule has 0 radical (unpaired) electrons. The molecule has 182 valence electrons. The molecule has 1 saturated carbocycles. The summed E-state index contributed by atoms with van der Waals surface area (Å²) in [7, 11) is 1.68. The summed E-state index contributed by atoms with van der Waals surface area (Å²) < 4.78 is 11.7. The fourth-order valence-corrected chi connectivity index (χ4v) is 6.31. The molecule has 0 spiro atoms. The molecule has 4 atom stereocenters. The summed E-state index contributed by atoms with van der Waals surface area (Å²) in [5.74, 6) is 2.91. The van der Waals surface area contributed by atoms with Crippen molar-refractivity contribution >= 4 is 5.91 Å². The number of hydrogen-bond donors (Lipinski definition) is 1. The van der Waals surface area contributed by atoms with Crippen LogP contribution in [0, 0.1) is 11.8 Å². The normalized spacial score (nSPS) is 29.1. The van der Waals surface area contributed by atoms with Crippen LogP contribution in [0.15, 0.2) is 48.5 Å². The van der Waals surface area contributed by atoms with Gasteiger partial charge < -0.3 is 19.7 Å². The van der Waals surface area contributed by atoms with Crippen LogP contribution in [0.5, 0.6) is 11.5 Å². The first kappa shape index (κ1) is 23.2. The maximum atomic E-state index is 14.2. The number of hydrogen-bond acceptors (Lipinski definition) is 4. The lowest BCUT2D eigenvalue weighted by Gasteiger charge is -2.43. The summed E-state index contributed by atoms with van der Waals surface area (Å²) >= 11 is 0. The van der Waals surface area contributed by atoms with Crippen LogP contribution in [0.4, 0.5) is 0 Å². The van der Waals surface area contributed by atoms with Crippen LogP contribution < -0.4 is 14.8 Å². The molecule has 34 heavy (non-hydrogen) atoms. The van der Waals surface area contributed by atoms with Crippen molar-refractivity contribution in [3.63, 3.8) is 0 Å². The fraction of sp³-hybridized carbons (Fsp3) is 0.552. The van der Waals surface area contributed by atoms with E-state index in [1.165, 1.54) is 18.4 Å². The van der Waals surface area contributed by atoms with Crippen LogP contribution in [0.2, 0.25) is 0 Å². The molecule has 3 aliphatic rings. The third-order valence-electron chi connectivity index (χ3n) is 8.38. The molecule has 5 heteroatoms.